The van der Waals surface area contributed by atoms with Gasteiger partial charge >= 0.3 is 0 Å². The van der Waals surface area contributed by atoms with Gasteiger partial charge in [0.2, 0.25) is 5.89 Å². The third-order valence-corrected chi connectivity index (χ3v) is 9.27. The molecule has 0 radical (unpaired) electrons. The lowest BCUT2D eigenvalue weighted by Crippen LogP contribution is -2.10. The van der Waals surface area contributed by atoms with Crippen molar-refractivity contribution in [3.8, 4) is 11.5 Å². The largest absolute Gasteiger partial charge is 0.456 e. The molecule has 0 unspecified atom stereocenters. The summed E-state index contributed by atoms with van der Waals surface area (Å²) in [6.45, 7) is 0. The minimum absolute atomic E-state index is 0.633. The molecule has 2 aromatic heterocycles. The molecule has 10 aromatic rings. The first-order valence-electron chi connectivity index (χ1n) is 15.8. The second-order valence-corrected chi connectivity index (χ2v) is 11.9. The predicted molar refractivity (Wildman–Crippen MR) is 194 cm³/mol. The Morgan fingerprint density at radius 3 is 2.00 bits per heavy atom. The van der Waals surface area contributed by atoms with Crippen molar-refractivity contribution in [2.75, 3.05) is 4.90 Å². The standard InChI is InChI=1S/C43H26N2O2/c1-3-10-28(11-4-1)43-44-42-40(47-43)24-19-27-18-21-32-31-15-9-16-37(33(31)22-23-35(32)41(27)42)45(29-12-5-2-6-13-29)30-20-25-39-36(26-30)34-14-7-8-17-38(34)46-39/h1-26H. The Hall–Kier alpha value is -6.39. The second kappa shape index (κ2) is 10.1. The van der Waals surface area contributed by atoms with E-state index in [1.807, 2.05) is 48.5 Å². The van der Waals surface area contributed by atoms with Gasteiger partial charge in [0.15, 0.2) is 5.58 Å². The molecule has 0 aliphatic heterocycles. The summed E-state index contributed by atoms with van der Waals surface area (Å²) in [5.41, 5.74) is 7.68. The van der Waals surface area contributed by atoms with Gasteiger partial charge in [0, 0.05) is 38.5 Å². The fourth-order valence-electron chi connectivity index (χ4n) is 7.12. The average molecular weight is 603 g/mol. The van der Waals surface area contributed by atoms with E-state index >= 15 is 0 Å². The third kappa shape index (κ3) is 3.98. The molecule has 4 heteroatoms. The molecule has 10 rings (SSSR count). The molecule has 47 heavy (non-hydrogen) atoms. The molecule has 0 amide bonds. The maximum Gasteiger partial charge on any atom is 0.227 e. The van der Waals surface area contributed by atoms with Crippen LogP contribution in [0.2, 0.25) is 0 Å². The Morgan fingerprint density at radius 1 is 0.426 bits per heavy atom. The number of oxazole rings is 1. The number of anilines is 3. The SMILES string of the molecule is c1ccc(-c2nc3c(ccc4ccc5c6cccc(N(c7ccccc7)c7ccc8oc9ccccc9c8c7)c6ccc5c43)o2)cc1. The highest BCUT2D eigenvalue weighted by Crippen LogP contribution is 2.44. The molecule has 0 fully saturated rings. The summed E-state index contributed by atoms with van der Waals surface area (Å²) < 4.78 is 12.5. The molecule has 0 aliphatic rings. The third-order valence-electron chi connectivity index (χ3n) is 9.27. The number of benzene rings is 8. The first-order valence-corrected chi connectivity index (χ1v) is 15.8. The first kappa shape index (κ1) is 25.9. The van der Waals surface area contributed by atoms with Gasteiger partial charge in [-0.15, -0.1) is 0 Å². The highest BCUT2D eigenvalue weighted by Gasteiger charge is 2.19. The molecule has 0 N–H and O–H groups in total. The lowest BCUT2D eigenvalue weighted by Gasteiger charge is -2.27. The number of furan rings is 1. The van der Waals surface area contributed by atoms with Gasteiger partial charge in [-0.05, 0) is 82.2 Å². The van der Waals surface area contributed by atoms with E-state index in [-0.39, 0.29) is 0 Å². The number of nitrogens with zero attached hydrogens (tertiary/aromatic N) is 2. The molecular weight excluding hydrogens is 576 g/mol. The molecule has 0 saturated heterocycles. The quantitative estimate of drug-likeness (QED) is 0.188. The normalized spacial score (nSPS) is 11.8. The molecule has 0 aliphatic carbocycles. The van der Waals surface area contributed by atoms with Crippen LogP contribution in [0.3, 0.4) is 0 Å². The Labute approximate surface area is 269 Å². The number of hydrogen-bond acceptors (Lipinski definition) is 4. The maximum atomic E-state index is 6.27. The van der Waals surface area contributed by atoms with Crippen LogP contribution < -0.4 is 4.90 Å². The van der Waals surface area contributed by atoms with E-state index in [4.69, 9.17) is 13.8 Å². The molecule has 2 heterocycles. The summed E-state index contributed by atoms with van der Waals surface area (Å²) in [7, 11) is 0. The van der Waals surface area contributed by atoms with Crippen molar-refractivity contribution < 1.29 is 8.83 Å². The average Bonchev–Trinajstić information content (AvgIpc) is 3.74. The molecule has 220 valence electrons. The number of hydrogen-bond donors (Lipinski definition) is 0. The Balaban J connectivity index is 1.21. The second-order valence-electron chi connectivity index (χ2n) is 11.9. The van der Waals surface area contributed by atoms with Crippen molar-refractivity contribution in [1.82, 2.24) is 4.98 Å². The van der Waals surface area contributed by atoms with E-state index in [9.17, 15) is 0 Å². The van der Waals surface area contributed by atoms with E-state index in [0.29, 0.717) is 5.89 Å². The molecule has 0 saturated carbocycles. The van der Waals surface area contributed by atoms with E-state index in [1.54, 1.807) is 0 Å². The van der Waals surface area contributed by atoms with Gasteiger partial charge in [-0.1, -0.05) is 97.1 Å². The fourth-order valence-corrected chi connectivity index (χ4v) is 7.12. The number of para-hydroxylation sites is 2. The van der Waals surface area contributed by atoms with E-state index < -0.39 is 0 Å². The van der Waals surface area contributed by atoms with Crippen LogP contribution in [0.4, 0.5) is 17.1 Å². The Kier molecular flexibility index (Phi) is 5.54. The summed E-state index contributed by atoms with van der Waals surface area (Å²) in [4.78, 5) is 7.37. The van der Waals surface area contributed by atoms with Crippen molar-refractivity contribution in [2.24, 2.45) is 0 Å². The van der Waals surface area contributed by atoms with Crippen LogP contribution in [0.5, 0.6) is 0 Å². The first-order chi connectivity index (χ1) is 23.3. The van der Waals surface area contributed by atoms with Crippen LogP contribution in [0.15, 0.2) is 167 Å². The van der Waals surface area contributed by atoms with Crippen molar-refractivity contribution in [3.63, 3.8) is 0 Å². The number of aromatic nitrogens is 1. The maximum absolute atomic E-state index is 6.27. The zero-order valence-electron chi connectivity index (χ0n) is 25.2. The summed E-state index contributed by atoms with van der Waals surface area (Å²) in [6, 6.07) is 55.1. The predicted octanol–water partition coefficient (Wildman–Crippen LogP) is 12.3. The van der Waals surface area contributed by atoms with Gasteiger partial charge in [-0.3, -0.25) is 0 Å². The van der Waals surface area contributed by atoms with E-state index in [2.05, 4.69) is 114 Å². The minimum Gasteiger partial charge on any atom is -0.456 e. The van der Waals surface area contributed by atoms with Gasteiger partial charge in [-0.25, -0.2) is 4.98 Å². The highest BCUT2D eigenvalue weighted by atomic mass is 16.3. The minimum atomic E-state index is 0.633. The lowest BCUT2D eigenvalue weighted by molar-refractivity contribution is 0.620. The summed E-state index contributed by atoms with van der Waals surface area (Å²) in [5.74, 6) is 0.633. The molecule has 0 bridgehead atoms. The van der Waals surface area contributed by atoms with Gasteiger partial charge < -0.3 is 13.7 Å². The highest BCUT2D eigenvalue weighted by molar-refractivity contribution is 6.24. The fraction of sp³-hybridized carbons (Fsp3) is 0. The van der Waals surface area contributed by atoms with Gasteiger partial charge in [0.05, 0.1) is 5.69 Å². The van der Waals surface area contributed by atoms with Crippen molar-refractivity contribution in [1.29, 1.82) is 0 Å². The molecule has 8 aromatic carbocycles. The van der Waals surface area contributed by atoms with Crippen LogP contribution >= 0.6 is 0 Å². The van der Waals surface area contributed by atoms with E-state index in [0.717, 1.165) is 77.2 Å². The van der Waals surface area contributed by atoms with Gasteiger partial charge in [0.25, 0.3) is 0 Å². The lowest BCUT2D eigenvalue weighted by atomic mass is 9.95. The summed E-state index contributed by atoms with van der Waals surface area (Å²) >= 11 is 0. The van der Waals surface area contributed by atoms with Crippen LogP contribution in [-0.2, 0) is 0 Å². The molecule has 0 spiro atoms. The van der Waals surface area contributed by atoms with Crippen LogP contribution in [-0.4, -0.2) is 4.98 Å². The van der Waals surface area contributed by atoms with Crippen molar-refractivity contribution >= 4 is 82.4 Å². The molecule has 0 atom stereocenters. The zero-order valence-corrected chi connectivity index (χ0v) is 25.2. The monoisotopic (exact) mass is 602 g/mol. The van der Waals surface area contributed by atoms with Gasteiger partial charge in [-0.2, -0.15) is 0 Å². The number of rotatable bonds is 4. The molecule has 4 nitrogen and oxygen atoms in total. The zero-order chi connectivity index (χ0) is 30.9. The number of fused-ring (bicyclic) bond motifs is 10. The smallest absolute Gasteiger partial charge is 0.227 e. The van der Waals surface area contributed by atoms with Gasteiger partial charge in [0.1, 0.15) is 16.7 Å². The van der Waals surface area contributed by atoms with Crippen LogP contribution in [0.25, 0.3) is 76.8 Å². The van der Waals surface area contributed by atoms with Crippen molar-refractivity contribution in [2.45, 2.75) is 0 Å². The van der Waals surface area contributed by atoms with Crippen LogP contribution in [0.1, 0.15) is 0 Å². The van der Waals surface area contributed by atoms with Crippen molar-refractivity contribution in [3.05, 3.63) is 158 Å². The Morgan fingerprint density at radius 2 is 1.11 bits per heavy atom. The summed E-state index contributed by atoms with van der Waals surface area (Å²) in [5, 5.41) is 9.14. The summed E-state index contributed by atoms with van der Waals surface area (Å²) in [6.07, 6.45) is 0. The topological polar surface area (TPSA) is 42.4 Å². The molecular formula is C43H26N2O2. The Bertz CT molecular complexity index is 2800. The van der Waals surface area contributed by atoms with E-state index in [1.165, 1.54) is 10.8 Å². The van der Waals surface area contributed by atoms with Crippen LogP contribution in [0, 0.1) is 0 Å².